The Labute approximate surface area is 124 Å². The Balaban J connectivity index is 2.07. The number of imidazole rings is 1. The van der Waals surface area contributed by atoms with Crippen molar-refractivity contribution >= 4 is 5.97 Å². The molecule has 1 aliphatic rings. The normalized spacial score (nSPS) is 15.9. The second-order valence-electron chi connectivity index (χ2n) is 5.51. The second kappa shape index (κ2) is 6.12. The van der Waals surface area contributed by atoms with Gasteiger partial charge in [-0.3, -0.25) is 0 Å². The lowest BCUT2D eigenvalue weighted by Crippen LogP contribution is -2.15. The van der Waals surface area contributed by atoms with E-state index in [0.717, 1.165) is 24.2 Å². The molecule has 0 amide bonds. The van der Waals surface area contributed by atoms with Gasteiger partial charge in [0, 0.05) is 11.6 Å². The molecule has 3 rings (SSSR count). The van der Waals surface area contributed by atoms with Crippen molar-refractivity contribution in [2.24, 2.45) is 0 Å². The number of para-hydroxylation sites is 1. The first kappa shape index (κ1) is 13.9. The first-order valence-corrected chi connectivity index (χ1v) is 7.52. The highest BCUT2D eigenvalue weighted by Crippen LogP contribution is 2.35. The van der Waals surface area contributed by atoms with Crippen molar-refractivity contribution in [2.75, 3.05) is 7.11 Å². The van der Waals surface area contributed by atoms with Gasteiger partial charge in [-0.15, -0.1) is 0 Å². The average Bonchev–Trinajstić information content (AvgIpc) is 3.00. The molecule has 4 heteroatoms. The number of aromatic nitrogens is 2. The smallest absolute Gasteiger partial charge is 0.358 e. The largest absolute Gasteiger partial charge is 0.464 e. The maximum atomic E-state index is 12.0. The third-order valence-electron chi connectivity index (χ3n) is 4.21. The fourth-order valence-electron chi connectivity index (χ4n) is 3.17. The molecule has 4 nitrogen and oxygen atoms in total. The molecule has 0 N–H and O–H groups in total. The van der Waals surface area contributed by atoms with Crippen molar-refractivity contribution in [1.82, 2.24) is 9.55 Å². The van der Waals surface area contributed by atoms with E-state index < -0.39 is 0 Å². The monoisotopic (exact) mass is 284 g/mol. The van der Waals surface area contributed by atoms with Crippen LogP contribution in [-0.2, 0) is 4.74 Å². The molecule has 1 saturated carbocycles. The zero-order chi connectivity index (χ0) is 14.7. The van der Waals surface area contributed by atoms with E-state index in [-0.39, 0.29) is 5.97 Å². The highest BCUT2D eigenvalue weighted by molar-refractivity contribution is 5.88. The topological polar surface area (TPSA) is 44.1 Å². The Bertz CT molecular complexity index is 613. The van der Waals surface area contributed by atoms with Gasteiger partial charge in [-0.1, -0.05) is 37.5 Å². The molecule has 0 spiro atoms. The maximum absolute atomic E-state index is 12.0. The molecule has 0 aliphatic heterocycles. The summed E-state index contributed by atoms with van der Waals surface area (Å²) in [5.41, 5.74) is 2.52. The van der Waals surface area contributed by atoms with E-state index in [2.05, 4.69) is 4.98 Å². The number of carbonyl (C=O) groups excluding carboxylic acids is 1. The highest BCUT2D eigenvalue weighted by Gasteiger charge is 2.27. The Morgan fingerprint density at radius 3 is 2.57 bits per heavy atom. The molecular formula is C17H20N2O2. The summed E-state index contributed by atoms with van der Waals surface area (Å²) in [4.78, 5) is 16.4. The number of esters is 1. The molecule has 0 atom stereocenters. The minimum atomic E-state index is -0.342. The molecule has 0 saturated heterocycles. The first-order valence-electron chi connectivity index (χ1n) is 7.52. The molecule has 1 aromatic carbocycles. The van der Waals surface area contributed by atoms with Gasteiger partial charge in [-0.05, 0) is 25.0 Å². The lowest BCUT2D eigenvalue weighted by atomic mass is 9.86. The summed E-state index contributed by atoms with van der Waals surface area (Å²) in [5.74, 6) is 0.0424. The van der Waals surface area contributed by atoms with Crippen molar-refractivity contribution in [1.29, 1.82) is 0 Å². The fraction of sp³-hybridized carbons (Fsp3) is 0.412. The summed E-state index contributed by atoms with van der Waals surface area (Å²) in [6.45, 7) is 0. The van der Waals surface area contributed by atoms with E-state index in [9.17, 15) is 4.79 Å². The van der Waals surface area contributed by atoms with Gasteiger partial charge in [-0.25, -0.2) is 9.78 Å². The number of benzene rings is 1. The molecule has 2 aromatic rings. The van der Waals surface area contributed by atoms with Crippen LogP contribution in [0.5, 0.6) is 0 Å². The summed E-state index contributed by atoms with van der Waals surface area (Å²) in [6, 6.07) is 10.1. The van der Waals surface area contributed by atoms with Crippen LogP contribution in [0.3, 0.4) is 0 Å². The second-order valence-corrected chi connectivity index (χ2v) is 5.51. The van der Waals surface area contributed by atoms with Crippen LogP contribution in [0.2, 0.25) is 0 Å². The van der Waals surface area contributed by atoms with Gasteiger partial charge < -0.3 is 9.30 Å². The Kier molecular flexibility index (Phi) is 4.04. The van der Waals surface area contributed by atoms with Gasteiger partial charge in [0.25, 0.3) is 0 Å². The van der Waals surface area contributed by atoms with Gasteiger partial charge in [-0.2, -0.15) is 0 Å². The number of hydrogen-bond donors (Lipinski definition) is 0. The van der Waals surface area contributed by atoms with E-state index in [1.54, 1.807) is 6.33 Å². The predicted molar refractivity (Wildman–Crippen MR) is 80.7 cm³/mol. The van der Waals surface area contributed by atoms with Crippen LogP contribution >= 0.6 is 0 Å². The van der Waals surface area contributed by atoms with Gasteiger partial charge in [0.15, 0.2) is 5.69 Å². The molecule has 1 heterocycles. The molecule has 1 aromatic heterocycles. The summed E-state index contributed by atoms with van der Waals surface area (Å²) in [5, 5.41) is 0. The quantitative estimate of drug-likeness (QED) is 0.807. The summed E-state index contributed by atoms with van der Waals surface area (Å²) in [6.07, 6.45) is 7.68. The molecule has 21 heavy (non-hydrogen) atoms. The predicted octanol–water partition coefficient (Wildman–Crippen LogP) is 3.71. The van der Waals surface area contributed by atoms with Crippen LogP contribution in [0, 0.1) is 0 Å². The van der Waals surface area contributed by atoms with Crippen molar-refractivity contribution in [3.05, 3.63) is 48.0 Å². The van der Waals surface area contributed by atoms with E-state index in [4.69, 9.17) is 4.74 Å². The third kappa shape index (κ3) is 2.71. The van der Waals surface area contributed by atoms with Crippen molar-refractivity contribution in [2.45, 2.75) is 38.0 Å². The van der Waals surface area contributed by atoms with Gasteiger partial charge in [0.05, 0.1) is 12.8 Å². The Morgan fingerprint density at radius 1 is 1.19 bits per heavy atom. The van der Waals surface area contributed by atoms with Crippen molar-refractivity contribution < 1.29 is 9.53 Å². The summed E-state index contributed by atoms with van der Waals surface area (Å²) >= 11 is 0. The van der Waals surface area contributed by atoms with E-state index in [1.165, 1.54) is 26.4 Å². The van der Waals surface area contributed by atoms with Crippen LogP contribution in [0.1, 0.15) is 54.2 Å². The average molecular weight is 284 g/mol. The molecular weight excluding hydrogens is 264 g/mol. The fourth-order valence-corrected chi connectivity index (χ4v) is 3.17. The molecule has 110 valence electrons. The number of hydrogen-bond acceptors (Lipinski definition) is 3. The lowest BCUT2D eigenvalue weighted by Gasteiger charge is -2.23. The Hall–Kier alpha value is -2.10. The minimum absolute atomic E-state index is 0.342. The molecule has 0 radical (unpaired) electrons. The minimum Gasteiger partial charge on any atom is -0.464 e. The number of nitrogens with zero attached hydrogens (tertiary/aromatic N) is 2. The number of rotatable bonds is 3. The van der Waals surface area contributed by atoms with E-state index in [0.29, 0.717) is 11.6 Å². The van der Waals surface area contributed by atoms with E-state index >= 15 is 0 Å². The zero-order valence-corrected chi connectivity index (χ0v) is 12.3. The van der Waals surface area contributed by atoms with Crippen LogP contribution in [-0.4, -0.2) is 22.6 Å². The highest BCUT2D eigenvalue weighted by atomic mass is 16.5. The third-order valence-corrected chi connectivity index (χ3v) is 4.21. The number of methoxy groups -OCH3 is 1. The van der Waals surface area contributed by atoms with Gasteiger partial charge in [0.2, 0.25) is 0 Å². The van der Waals surface area contributed by atoms with Crippen LogP contribution < -0.4 is 0 Å². The van der Waals surface area contributed by atoms with Crippen molar-refractivity contribution in [3.63, 3.8) is 0 Å². The van der Waals surface area contributed by atoms with Crippen LogP contribution in [0.25, 0.3) is 5.69 Å². The lowest BCUT2D eigenvalue weighted by molar-refractivity contribution is 0.0592. The first-order chi connectivity index (χ1) is 10.3. The zero-order valence-electron chi connectivity index (χ0n) is 12.3. The number of ether oxygens (including phenoxy) is 1. The van der Waals surface area contributed by atoms with Gasteiger partial charge >= 0.3 is 5.97 Å². The van der Waals surface area contributed by atoms with Crippen molar-refractivity contribution in [3.8, 4) is 5.69 Å². The van der Waals surface area contributed by atoms with Gasteiger partial charge in [0.1, 0.15) is 6.33 Å². The molecule has 1 fully saturated rings. The Morgan fingerprint density at radius 2 is 1.90 bits per heavy atom. The number of carbonyl (C=O) groups is 1. The molecule has 0 bridgehead atoms. The van der Waals surface area contributed by atoms with E-state index in [1.807, 2.05) is 34.9 Å². The SMILES string of the molecule is COC(=O)c1ncn(-c2ccccc2)c1C1CCCCC1. The van der Waals surface area contributed by atoms with Crippen LogP contribution in [0.4, 0.5) is 0 Å². The summed E-state index contributed by atoms with van der Waals surface area (Å²) < 4.78 is 6.95. The molecule has 1 aliphatic carbocycles. The standard InChI is InChI=1S/C17H20N2O2/c1-21-17(20)15-16(13-8-4-2-5-9-13)19(12-18-15)14-10-6-3-7-11-14/h3,6-7,10-13H,2,4-5,8-9H2,1H3. The molecule has 0 unspecified atom stereocenters. The summed E-state index contributed by atoms with van der Waals surface area (Å²) in [7, 11) is 1.41. The maximum Gasteiger partial charge on any atom is 0.358 e. The van der Waals surface area contributed by atoms with Crippen LogP contribution in [0.15, 0.2) is 36.7 Å².